The van der Waals surface area contributed by atoms with Gasteiger partial charge in [0.2, 0.25) is 5.91 Å². The molecule has 0 unspecified atom stereocenters. The fourth-order valence-electron chi connectivity index (χ4n) is 0.585. The number of hydrogen-bond acceptors (Lipinski definition) is 2. The minimum Gasteiger partial charge on any atom is -0.322 e. The van der Waals surface area contributed by atoms with Crippen molar-refractivity contribution in [1.82, 2.24) is 5.32 Å². The maximum atomic E-state index is 10.3. The maximum absolute atomic E-state index is 10.3. The Balaban J connectivity index is 0.000000640. The van der Waals surface area contributed by atoms with Crippen LogP contribution in [0.25, 0.3) is 0 Å². The second-order valence-electron chi connectivity index (χ2n) is 1.66. The molecule has 0 aliphatic carbocycles. The van der Waals surface area contributed by atoms with E-state index in [9.17, 15) is 9.59 Å². The van der Waals surface area contributed by atoms with Gasteiger partial charge in [-0.2, -0.15) is 6.42 Å². The van der Waals surface area contributed by atoms with Crippen molar-refractivity contribution in [1.29, 1.82) is 0 Å². The van der Waals surface area contributed by atoms with Crippen molar-refractivity contribution in [3.05, 3.63) is 6.42 Å². The normalized spacial score (nSPS) is 17.3. The van der Waals surface area contributed by atoms with Gasteiger partial charge in [-0.05, 0) is 0 Å². The van der Waals surface area contributed by atoms with Gasteiger partial charge in [-0.3, -0.25) is 4.79 Å². The van der Waals surface area contributed by atoms with Crippen molar-refractivity contribution in [2.45, 2.75) is 12.8 Å². The molecule has 0 aromatic heterocycles. The summed E-state index contributed by atoms with van der Waals surface area (Å²) < 4.78 is 0. The van der Waals surface area contributed by atoms with Crippen LogP contribution in [-0.4, -0.2) is 11.8 Å². The van der Waals surface area contributed by atoms with E-state index in [0.29, 0.717) is 12.8 Å². The van der Waals surface area contributed by atoms with Gasteiger partial charge in [-0.15, -0.1) is 0 Å². The van der Waals surface area contributed by atoms with Crippen LogP contribution in [0.3, 0.4) is 0 Å². The molecule has 0 saturated carbocycles. The topological polar surface area (TPSA) is 46.2 Å². The van der Waals surface area contributed by atoms with Crippen molar-refractivity contribution in [2.75, 3.05) is 0 Å². The average Bonchev–Trinajstić information content (AvgIpc) is 1.64. The van der Waals surface area contributed by atoms with Crippen LogP contribution < -0.4 is 5.32 Å². The molecule has 1 fully saturated rings. The zero-order valence-electron chi connectivity index (χ0n) is 4.69. The third-order valence-corrected chi connectivity index (χ3v) is 0.964. The molecule has 3 nitrogen and oxygen atoms in total. The molecule has 0 aromatic carbocycles. The van der Waals surface area contributed by atoms with Gasteiger partial charge in [0.25, 0.3) is 0 Å². The summed E-state index contributed by atoms with van der Waals surface area (Å²) in [6, 6.07) is 0. The Hall–Kier alpha value is -0.328. The summed E-state index contributed by atoms with van der Waals surface area (Å²) in [6.45, 7) is 0. The average molecular weight is 298 g/mol. The first-order chi connectivity index (χ1) is 3.79. The van der Waals surface area contributed by atoms with E-state index < -0.39 is 0 Å². The predicted molar refractivity (Wildman–Crippen MR) is 26.7 cm³/mol. The van der Waals surface area contributed by atoms with Crippen LogP contribution in [0.15, 0.2) is 0 Å². The smallest absolute Gasteiger partial charge is 0.222 e. The van der Waals surface area contributed by atoms with Gasteiger partial charge in [0.05, 0.1) is 5.91 Å². The van der Waals surface area contributed by atoms with Gasteiger partial charge in [-0.25, -0.2) is 0 Å². The van der Waals surface area contributed by atoms with E-state index in [2.05, 4.69) is 5.32 Å². The van der Waals surface area contributed by atoms with E-state index in [1.165, 1.54) is 6.42 Å². The molecule has 1 heterocycles. The van der Waals surface area contributed by atoms with Gasteiger partial charge in [0, 0.05) is 26.8 Å². The third kappa shape index (κ3) is 2.64. The Labute approximate surface area is 66.8 Å². The fourth-order valence-corrected chi connectivity index (χ4v) is 0.585. The number of rotatable bonds is 0. The standard InChI is InChI=1S/C5H6NO2.Re/c7-4-2-1-3-5(8)6-4;/h2H,1,3H2,(H,6,7,8);/q-1;. The van der Waals surface area contributed by atoms with Gasteiger partial charge in [0.15, 0.2) is 0 Å². The summed E-state index contributed by atoms with van der Waals surface area (Å²) in [5.41, 5.74) is 0. The molecular weight excluding hydrogens is 292 g/mol. The maximum Gasteiger partial charge on any atom is 0.222 e. The molecule has 0 spiro atoms. The fraction of sp³-hybridized carbons (Fsp3) is 0.400. The second-order valence-corrected chi connectivity index (χ2v) is 1.66. The number of hydrogen-bond donors (Lipinski definition) is 1. The molecule has 51 valence electrons. The number of carbonyl (C=O) groups excluding carboxylic acids is 2. The summed E-state index contributed by atoms with van der Waals surface area (Å²) >= 11 is 0. The van der Waals surface area contributed by atoms with Gasteiger partial charge in [0.1, 0.15) is 0 Å². The van der Waals surface area contributed by atoms with Gasteiger partial charge >= 0.3 is 0 Å². The SMILES string of the molecule is O=C1[CH-]CCC(=O)N1.[Re]. The molecule has 1 saturated heterocycles. The molecule has 1 aliphatic rings. The number of carbonyl (C=O) groups is 2. The third-order valence-electron chi connectivity index (χ3n) is 0.964. The molecule has 1 rings (SSSR count). The van der Waals surface area contributed by atoms with Crippen LogP contribution in [0.2, 0.25) is 0 Å². The molecule has 4 heteroatoms. The second kappa shape index (κ2) is 3.65. The molecule has 1 radical (unpaired) electrons. The van der Waals surface area contributed by atoms with Gasteiger partial charge in [-0.1, -0.05) is 0 Å². The molecule has 0 atom stereocenters. The Bertz CT molecular complexity index is 121. The van der Waals surface area contributed by atoms with Crippen LogP contribution in [-0.2, 0) is 30.0 Å². The number of imide groups is 1. The van der Waals surface area contributed by atoms with Crippen LogP contribution >= 0.6 is 0 Å². The van der Waals surface area contributed by atoms with Crippen molar-refractivity contribution < 1.29 is 30.0 Å². The number of nitrogens with one attached hydrogen (secondary N) is 1. The van der Waals surface area contributed by atoms with Gasteiger partial charge < -0.3 is 16.5 Å². The van der Waals surface area contributed by atoms with E-state index in [0.717, 1.165) is 0 Å². The predicted octanol–water partition coefficient (Wildman–Crippen LogP) is -0.375. The first-order valence-corrected chi connectivity index (χ1v) is 2.46. The Morgan fingerprint density at radius 1 is 1.44 bits per heavy atom. The molecule has 0 bridgehead atoms. The van der Waals surface area contributed by atoms with E-state index >= 15 is 0 Å². The quantitative estimate of drug-likeness (QED) is 0.490. The monoisotopic (exact) mass is 299 g/mol. The zero-order chi connectivity index (χ0) is 5.98. The van der Waals surface area contributed by atoms with Crippen LogP contribution in [0.1, 0.15) is 12.8 Å². The molecule has 0 aromatic rings. The van der Waals surface area contributed by atoms with Crippen molar-refractivity contribution in [3.8, 4) is 0 Å². The Kier molecular flexibility index (Phi) is 3.52. The molecular formula is C5H6NO2Re-. The molecule has 9 heavy (non-hydrogen) atoms. The summed E-state index contributed by atoms with van der Waals surface area (Å²) in [6.07, 6.45) is 2.51. The zero-order valence-corrected chi connectivity index (χ0v) is 7.40. The Morgan fingerprint density at radius 2 is 2.11 bits per heavy atom. The first kappa shape index (κ1) is 8.67. The minimum atomic E-state index is -0.263. The summed E-state index contributed by atoms with van der Waals surface area (Å²) in [4.78, 5) is 20.6. The van der Waals surface area contributed by atoms with Crippen molar-refractivity contribution in [2.24, 2.45) is 0 Å². The van der Waals surface area contributed by atoms with E-state index in [4.69, 9.17) is 0 Å². The van der Waals surface area contributed by atoms with E-state index in [1.807, 2.05) is 0 Å². The van der Waals surface area contributed by atoms with Crippen LogP contribution in [0.4, 0.5) is 0 Å². The minimum absolute atomic E-state index is 0. The van der Waals surface area contributed by atoms with E-state index in [-0.39, 0.29) is 32.2 Å². The van der Waals surface area contributed by atoms with Crippen molar-refractivity contribution in [3.63, 3.8) is 0 Å². The van der Waals surface area contributed by atoms with Crippen molar-refractivity contribution >= 4 is 11.8 Å². The first-order valence-electron chi connectivity index (χ1n) is 2.46. The van der Waals surface area contributed by atoms with Crippen LogP contribution in [0, 0.1) is 6.42 Å². The van der Waals surface area contributed by atoms with Crippen LogP contribution in [0.5, 0.6) is 0 Å². The van der Waals surface area contributed by atoms with E-state index in [1.54, 1.807) is 0 Å². The number of amides is 2. The number of piperidine rings is 1. The largest absolute Gasteiger partial charge is 0.322 e. The summed E-state index contributed by atoms with van der Waals surface area (Å²) in [5.74, 6) is -0.432. The molecule has 2 amide bonds. The Morgan fingerprint density at radius 3 is 2.44 bits per heavy atom. The summed E-state index contributed by atoms with van der Waals surface area (Å²) in [5, 5.41) is 2.15. The summed E-state index contributed by atoms with van der Waals surface area (Å²) in [7, 11) is 0. The molecule has 1 N–H and O–H groups in total. The molecule has 1 aliphatic heterocycles.